The van der Waals surface area contributed by atoms with Crippen LogP contribution in [0.25, 0.3) is 0 Å². The lowest BCUT2D eigenvalue weighted by Crippen LogP contribution is -2.60. The highest BCUT2D eigenvalue weighted by atomic mass is 16.6. The molecule has 3 fully saturated rings. The molecule has 2 N–H and O–H groups in total. The van der Waals surface area contributed by atoms with Gasteiger partial charge in [-0.2, -0.15) is 0 Å². The van der Waals surface area contributed by atoms with Crippen LogP contribution in [0.4, 0.5) is 0 Å². The summed E-state index contributed by atoms with van der Waals surface area (Å²) in [6.45, 7) is 3.95. The molecule has 2 saturated heterocycles. The van der Waals surface area contributed by atoms with Gasteiger partial charge in [-0.25, -0.2) is 0 Å². The Kier molecular flexibility index (Phi) is 10.4. The second kappa shape index (κ2) is 14.5. The first-order valence-electron chi connectivity index (χ1n) is 17.5. The van der Waals surface area contributed by atoms with E-state index in [0.717, 1.165) is 32.1 Å². The molecule has 0 bridgehead atoms. The number of nitrogens with zero attached hydrogens (tertiary/aromatic N) is 2. The van der Waals surface area contributed by atoms with E-state index in [2.05, 4.69) is 5.32 Å². The van der Waals surface area contributed by atoms with Crippen LogP contribution >= 0.6 is 0 Å². The van der Waals surface area contributed by atoms with E-state index < -0.39 is 59.6 Å². The van der Waals surface area contributed by atoms with Crippen LogP contribution in [0, 0.1) is 17.8 Å². The van der Waals surface area contributed by atoms with Gasteiger partial charge in [-0.05, 0) is 30.7 Å². The fraction of sp³-hybridized carbons (Fsp3) is 0.622. The minimum Gasteiger partial charge on any atom is -0.455 e. The second-order valence-electron chi connectivity index (χ2n) is 14.1. The van der Waals surface area contributed by atoms with Gasteiger partial charge >= 0.3 is 5.97 Å². The monoisotopic (exact) mass is 663 g/mol. The van der Waals surface area contributed by atoms with Crippen molar-refractivity contribution < 1.29 is 38.5 Å². The van der Waals surface area contributed by atoms with Crippen molar-refractivity contribution >= 4 is 23.7 Å². The molecular weight excluding hydrogens is 614 g/mol. The van der Waals surface area contributed by atoms with E-state index in [0.29, 0.717) is 18.5 Å². The van der Waals surface area contributed by atoms with E-state index in [1.165, 1.54) is 12.0 Å². The molecule has 260 valence electrons. The number of amides is 3. The number of hydrogen-bond donors (Lipinski definition) is 2. The Morgan fingerprint density at radius 1 is 1.04 bits per heavy atom. The number of fused-ring (bicyclic) bond motifs is 2. The number of nitrogens with one attached hydrogen (secondary N) is 1. The molecule has 0 radical (unpaired) electrons. The Morgan fingerprint density at radius 2 is 1.79 bits per heavy atom. The molecule has 1 aromatic rings. The third-order valence-electron chi connectivity index (χ3n) is 10.9. The van der Waals surface area contributed by atoms with Gasteiger partial charge in [0, 0.05) is 26.1 Å². The fourth-order valence-corrected chi connectivity index (χ4v) is 8.55. The summed E-state index contributed by atoms with van der Waals surface area (Å²) >= 11 is 0. The average molecular weight is 664 g/mol. The highest BCUT2D eigenvalue weighted by Gasteiger charge is 2.73. The topological polar surface area (TPSA) is 135 Å². The lowest BCUT2D eigenvalue weighted by molar-refractivity contribution is -0.163. The number of hydrogen-bond acceptors (Lipinski definition) is 8. The molecule has 0 aromatic heterocycles. The first-order valence-corrected chi connectivity index (χ1v) is 17.5. The van der Waals surface area contributed by atoms with E-state index in [4.69, 9.17) is 14.2 Å². The number of likely N-dealkylation sites (tertiary alicyclic amines) is 1. The molecule has 1 aromatic carbocycles. The molecule has 11 nitrogen and oxygen atoms in total. The number of carbonyl (C=O) groups excluding carboxylic acids is 4. The van der Waals surface area contributed by atoms with Gasteiger partial charge in [-0.15, -0.1) is 0 Å². The summed E-state index contributed by atoms with van der Waals surface area (Å²) < 4.78 is 18.7. The van der Waals surface area contributed by atoms with Crippen molar-refractivity contribution in [2.75, 3.05) is 26.9 Å². The zero-order valence-electron chi connectivity index (χ0n) is 28.2. The molecule has 1 spiro atoms. The van der Waals surface area contributed by atoms with Crippen LogP contribution in [-0.4, -0.2) is 101 Å². The normalized spacial score (nSPS) is 34.4. The molecule has 8 atom stereocenters. The lowest BCUT2D eigenvalue weighted by Gasteiger charge is -2.42. The van der Waals surface area contributed by atoms with Crippen LogP contribution in [0.15, 0.2) is 54.6 Å². The van der Waals surface area contributed by atoms with Crippen molar-refractivity contribution in [3.05, 3.63) is 60.2 Å². The summed E-state index contributed by atoms with van der Waals surface area (Å²) in [6, 6.07) is 6.78. The van der Waals surface area contributed by atoms with Crippen LogP contribution in [0.1, 0.15) is 70.5 Å². The van der Waals surface area contributed by atoms with Gasteiger partial charge in [0.25, 0.3) is 0 Å². The first kappa shape index (κ1) is 34.3. The number of esters is 1. The minimum absolute atomic E-state index is 0.0440. The zero-order valence-corrected chi connectivity index (χ0v) is 28.2. The molecule has 3 amide bonds. The van der Waals surface area contributed by atoms with E-state index >= 15 is 0 Å². The maximum atomic E-state index is 14.9. The Balaban J connectivity index is 1.45. The van der Waals surface area contributed by atoms with E-state index in [-0.39, 0.29) is 43.4 Å². The highest BCUT2D eigenvalue weighted by molar-refractivity contribution is 5.99. The number of ether oxygens (including phenoxy) is 3. The quantitative estimate of drug-likeness (QED) is 0.336. The molecule has 4 heterocycles. The number of methoxy groups -OCH3 is 1. The Bertz CT molecular complexity index is 1410. The summed E-state index contributed by atoms with van der Waals surface area (Å²) in [5.41, 5.74) is -0.794. The van der Waals surface area contributed by atoms with Crippen molar-refractivity contribution in [3.8, 4) is 0 Å². The van der Waals surface area contributed by atoms with Crippen LogP contribution < -0.4 is 5.32 Å². The smallest absolute Gasteiger partial charge is 0.313 e. The molecule has 11 heteroatoms. The van der Waals surface area contributed by atoms with Crippen LogP contribution in [0.3, 0.4) is 0 Å². The third kappa shape index (κ3) is 6.20. The van der Waals surface area contributed by atoms with Gasteiger partial charge in [0.15, 0.2) is 0 Å². The lowest BCUT2D eigenvalue weighted by atomic mass is 9.77. The van der Waals surface area contributed by atoms with Gasteiger partial charge in [-0.1, -0.05) is 87.7 Å². The largest absolute Gasteiger partial charge is 0.455 e. The Hall–Kier alpha value is -3.54. The molecule has 1 saturated carbocycles. The number of cyclic esters (lactones) is 1. The van der Waals surface area contributed by atoms with Crippen molar-refractivity contribution in [1.82, 2.24) is 15.1 Å². The number of aliphatic hydroxyl groups is 1. The molecule has 0 unspecified atom stereocenters. The van der Waals surface area contributed by atoms with Crippen molar-refractivity contribution in [1.29, 1.82) is 0 Å². The molecule has 48 heavy (non-hydrogen) atoms. The minimum atomic E-state index is -1.46. The number of benzene rings is 1. The number of carbonyl (C=O) groups is 4. The number of aliphatic hydroxyl groups excluding tert-OH is 1. The Morgan fingerprint density at radius 3 is 2.48 bits per heavy atom. The summed E-state index contributed by atoms with van der Waals surface area (Å²) in [5.74, 6) is -3.82. The second-order valence-corrected chi connectivity index (χ2v) is 14.1. The number of allylic oxidation sites excluding steroid dienone is 1. The summed E-state index contributed by atoms with van der Waals surface area (Å²) in [4.78, 5) is 60.7. The van der Waals surface area contributed by atoms with E-state index in [9.17, 15) is 24.3 Å². The first-order chi connectivity index (χ1) is 23.2. The highest BCUT2D eigenvalue weighted by Crippen LogP contribution is 2.54. The molecular formula is C37H49N3O8. The van der Waals surface area contributed by atoms with Gasteiger partial charge in [0.05, 0.1) is 37.3 Å². The van der Waals surface area contributed by atoms with E-state index in [1.54, 1.807) is 12.2 Å². The third-order valence-corrected chi connectivity index (χ3v) is 10.9. The Labute approximate surface area is 282 Å². The predicted octanol–water partition coefficient (Wildman–Crippen LogP) is 3.08. The van der Waals surface area contributed by atoms with Crippen molar-refractivity contribution in [2.24, 2.45) is 17.8 Å². The van der Waals surface area contributed by atoms with Crippen LogP contribution in [0.2, 0.25) is 0 Å². The van der Waals surface area contributed by atoms with E-state index in [1.807, 2.05) is 61.2 Å². The van der Waals surface area contributed by atoms with Crippen LogP contribution in [0.5, 0.6) is 0 Å². The van der Waals surface area contributed by atoms with Crippen molar-refractivity contribution in [3.63, 3.8) is 0 Å². The maximum Gasteiger partial charge on any atom is 0.313 e. The molecule has 6 rings (SSSR count). The standard InChI is InChI=1S/C37H49N3O8/c1-23(2)27(21-41)40-33-35(44)39(25-15-8-5-9-16-25)20-12-19-37(33)31(34(40)43)30-28(48-37)17-10-11-18-29(42)38-26(22-46-3)32(47-36(30)45)24-13-6-4-7-14-24/h4,6-7,10,12-14,17,19,23,25-28,30-33,41H,5,8-9,11,15-16,18,20-22H2,1-3H3,(H,38,42)/b17-10-/t26-,27+,28-,30+,31+,32-,33-,37+/m1/s1. The predicted molar refractivity (Wildman–Crippen MR) is 176 cm³/mol. The number of rotatable bonds is 7. The summed E-state index contributed by atoms with van der Waals surface area (Å²) in [5, 5.41) is 13.6. The maximum absolute atomic E-state index is 14.9. The van der Waals surface area contributed by atoms with Crippen molar-refractivity contribution in [2.45, 2.75) is 101 Å². The van der Waals surface area contributed by atoms with Crippen LogP contribution in [-0.2, 0) is 33.4 Å². The van der Waals surface area contributed by atoms with Gasteiger partial charge in [-0.3, -0.25) is 19.2 Å². The molecule has 4 aliphatic heterocycles. The summed E-state index contributed by atoms with van der Waals surface area (Å²) in [7, 11) is 1.52. The summed E-state index contributed by atoms with van der Waals surface area (Å²) in [6.07, 6.45) is 11.0. The average Bonchev–Trinajstić information content (AvgIpc) is 3.46. The zero-order chi connectivity index (χ0) is 34.0. The molecule has 1 aliphatic carbocycles. The molecule has 5 aliphatic rings. The van der Waals surface area contributed by atoms with Gasteiger partial charge < -0.3 is 34.4 Å². The van der Waals surface area contributed by atoms with Gasteiger partial charge in [0.2, 0.25) is 17.7 Å². The fourth-order valence-electron chi connectivity index (χ4n) is 8.55. The SMILES string of the molecule is COC[C@H]1NC(=O)CC/C=C\[C@H]2O[C@]34C=CCN(C5CCCCC5)C(=O)[C@H]3N([C@@H](CO)C(C)C)C(=O)[C@@H]4[C@H]2C(=O)O[C@@H]1c1ccccc1. The van der Waals surface area contributed by atoms with Gasteiger partial charge in [0.1, 0.15) is 23.7 Å².